The molecule has 0 aliphatic carbocycles. The van der Waals surface area contributed by atoms with E-state index in [2.05, 4.69) is 0 Å². The summed E-state index contributed by atoms with van der Waals surface area (Å²) in [6.07, 6.45) is 3.65. The van der Waals surface area contributed by atoms with E-state index >= 15 is 0 Å². The Balaban J connectivity index is 2.27. The van der Waals surface area contributed by atoms with Crippen LogP contribution in [0.5, 0.6) is 0 Å². The molecule has 0 spiro atoms. The predicted molar refractivity (Wildman–Crippen MR) is 80.2 cm³/mol. The van der Waals surface area contributed by atoms with Gasteiger partial charge in [-0.15, -0.1) is 0 Å². The molecule has 2 aromatic rings. The molecule has 2 atom stereocenters. The van der Waals surface area contributed by atoms with Gasteiger partial charge in [0.25, 0.3) is 0 Å². The number of hydrogen-bond acceptors (Lipinski definition) is 1. The lowest BCUT2D eigenvalue weighted by Gasteiger charge is -2.09. The maximum atomic E-state index is 11.5. The van der Waals surface area contributed by atoms with Crippen LogP contribution in [0.25, 0.3) is 6.08 Å². The molecule has 3 heteroatoms. The van der Waals surface area contributed by atoms with Crippen LogP contribution >= 0.6 is 0 Å². The number of rotatable bonds is 4. The molecule has 0 saturated heterocycles. The Labute approximate surface area is 116 Å². The fourth-order valence-corrected chi connectivity index (χ4v) is 2.50. The molecule has 2 unspecified atom stereocenters. The molecule has 0 aliphatic rings. The lowest BCUT2D eigenvalue weighted by atomic mass is 10.1. The van der Waals surface area contributed by atoms with Crippen LogP contribution in [0.15, 0.2) is 60.7 Å². The third-order valence-electron chi connectivity index (χ3n) is 2.85. The summed E-state index contributed by atoms with van der Waals surface area (Å²) >= 11 is -1.92. The van der Waals surface area contributed by atoms with E-state index in [4.69, 9.17) is 0 Å². The largest absolute Gasteiger partial charge is 0.305 e. The highest BCUT2D eigenvalue weighted by atomic mass is 32.2. The van der Waals surface area contributed by atoms with Crippen molar-refractivity contribution >= 4 is 17.2 Å². The molecule has 2 nitrogen and oxygen atoms in total. The minimum absolute atomic E-state index is 0.500. The zero-order valence-electron chi connectivity index (χ0n) is 10.7. The summed E-state index contributed by atoms with van der Waals surface area (Å²) < 4.78 is 20.9. The topological polar surface area (TPSA) is 37.3 Å². The van der Waals surface area contributed by atoms with Crippen molar-refractivity contribution < 1.29 is 8.76 Å². The second-order valence-corrected chi connectivity index (χ2v) is 5.44. The maximum Gasteiger partial charge on any atom is 0.164 e. The van der Waals surface area contributed by atoms with Gasteiger partial charge in [-0.2, -0.15) is 0 Å². The summed E-state index contributed by atoms with van der Waals surface area (Å²) in [5.74, 6) is 0. The van der Waals surface area contributed by atoms with E-state index in [0.717, 1.165) is 16.7 Å². The van der Waals surface area contributed by atoms with Gasteiger partial charge < -0.3 is 4.55 Å². The molecule has 98 valence electrons. The van der Waals surface area contributed by atoms with E-state index in [0.29, 0.717) is 0 Å². The van der Waals surface area contributed by atoms with Gasteiger partial charge in [0.1, 0.15) is 5.25 Å². The van der Waals surface area contributed by atoms with Crippen LogP contribution < -0.4 is 0 Å². The first kappa shape index (κ1) is 13.7. The van der Waals surface area contributed by atoms with Crippen molar-refractivity contribution in [2.75, 3.05) is 0 Å². The third kappa shape index (κ3) is 3.88. The highest BCUT2D eigenvalue weighted by Gasteiger charge is 2.14. The van der Waals surface area contributed by atoms with E-state index < -0.39 is 16.3 Å². The summed E-state index contributed by atoms with van der Waals surface area (Å²) in [4.78, 5) is 0. The second-order valence-electron chi connectivity index (χ2n) is 4.38. The lowest BCUT2D eigenvalue weighted by Crippen LogP contribution is -2.02. The monoisotopic (exact) mass is 272 g/mol. The molecular weight excluding hydrogens is 256 g/mol. The van der Waals surface area contributed by atoms with Crippen molar-refractivity contribution in [1.29, 1.82) is 0 Å². The molecule has 0 heterocycles. The van der Waals surface area contributed by atoms with Gasteiger partial charge in [-0.1, -0.05) is 72.3 Å². The Bertz CT molecular complexity index is 591. The molecule has 2 aromatic carbocycles. The van der Waals surface area contributed by atoms with Crippen molar-refractivity contribution in [2.45, 2.75) is 12.2 Å². The quantitative estimate of drug-likeness (QED) is 0.855. The van der Waals surface area contributed by atoms with Crippen LogP contribution in [0.4, 0.5) is 0 Å². The third-order valence-corrected chi connectivity index (χ3v) is 3.71. The van der Waals surface area contributed by atoms with E-state index in [1.54, 1.807) is 6.08 Å². The van der Waals surface area contributed by atoms with Gasteiger partial charge in [0.2, 0.25) is 0 Å². The Morgan fingerprint density at radius 2 is 1.84 bits per heavy atom. The molecular formula is C16H16O2S. The molecule has 0 bridgehead atoms. The highest BCUT2D eigenvalue weighted by molar-refractivity contribution is 7.79. The first-order chi connectivity index (χ1) is 9.16. The minimum Gasteiger partial charge on any atom is -0.305 e. The van der Waals surface area contributed by atoms with Gasteiger partial charge >= 0.3 is 0 Å². The van der Waals surface area contributed by atoms with Crippen LogP contribution in [0, 0.1) is 6.92 Å². The molecule has 0 fully saturated rings. The molecule has 2 rings (SSSR count). The van der Waals surface area contributed by atoms with Crippen LogP contribution in [0.1, 0.15) is 21.9 Å². The molecule has 0 aromatic heterocycles. The zero-order valence-corrected chi connectivity index (χ0v) is 11.5. The van der Waals surface area contributed by atoms with Gasteiger partial charge in [0.05, 0.1) is 0 Å². The smallest absolute Gasteiger partial charge is 0.164 e. The van der Waals surface area contributed by atoms with Crippen LogP contribution in [-0.2, 0) is 11.1 Å². The van der Waals surface area contributed by atoms with Gasteiger partial charge in [-0.25, -0.2) is 4.21 Å². The Morgan fingerprint density at radius 3 is 2.47 bits per heavy atom. The molecule has 19 heavy (non-hydrogen) atoms. The summed E-state index contributed by atoms with van der Waals surface area (Å²) in [6, 6.07) is 17.4. The summed E-state index contributed by atoms with van der Waals surface area (Å²) in [6.45, 7) is 1.97. The number of aryl methyl sites for hydroxylation is 1. The number of benzene rings is 2. The van der Waals surface area contributed by atoms with Crippen molar-refractivity contribution in [3.05, 3.63) is 77.4 Å². The SMILES string of the molecule is Cc1cccc(C(C=Cc2ccccc2)S(=O)O)c1. The molecule has 0 amide bonds. The standard InChI is InChI=1S/C16H16O2S/c1-13-6-5-9-15(12-13)16(19(17)18)11-10-14-7-3-2-4-8-14/h2-12,16H,1H3,(H,17,18). The Hall–Kier alpha value is -1.71. The van der Waals surface area contributed by atoms with Crippen molar-refractivity contribution in [1.82, 2.24) is 0 Å². The molecule has 0 saturated carbocycles. The van der Waals surface area contributed by atoms with Crippen molar-refractivity contribution in [3.8, 4) is 0 Å². The second kappa shape index (κ2) is 6.45. The fraction of sp³-hybridized carbons (Fsp3) is 0.125. The summed E-state index contributed by atoms with van der Waals surface area (Å²) in [5, 5.41) is -0.500. The normalized spacial score (nSPS) is 14.4. The van der Waals surface area contributed by atoms with Crippen LogP contribution in [0.2, 0.25) is 0 Å². The summed E-state index contributed by atoms with van der Waals surface area (Å²) in [5.41, 5.74) is 2.96. The van der Waals surface area contributed by atoms with Crippen LogP contribution in [-0.4, -0.2) is 8.76 Å². The lowest BCUT2D eigenvalue weighted by molar-refractivity contribution is 0.558. The molecule has 1 N–H and O–H groups in total. The first-order valence-electron chi connectivity index (χ1n) is 6.06. The predicted octanol–water partition coefficient (Wildman–Crippen LogP) is 3.97. The minimum atomic E-state index is -1.92. The van der Waals surface area contributed by atoms with E-state index in [1.165, 1.54) is 0 Å². The van der Waals surface area contributed by atoms with Crippen molar-refractivity contribution in [2.24, 2.45) is 0 Å². The zero-order chi connectivity index (χ0) is 13.7. The number of hydrogen-bond donors (Lipinski definition) is 1. The van der Waals surface area contributed by atoms with E-state index in [9.17, 15) is 8.76 Å². The Kier molecular flexibility index (Phi) is 4.66. The van der Waals surface area contributed by atoms with E-state index in [1.807, 2.05) is 67.6 Å². The Morgan fingerprint density at radius 1 is 1.11 bits per heavy atom. The fourth-order valence-electron chi connectivity index (χ4n) is 1.90. The van der Waals surface area contributed by atoms with Gasteiger partial charge in [0, 0.05) is 0 Å². The van der Waals surface area contributed by atoms with Gasteiger partial charge in [-0.3, -0.25) is 0 Å². The van der Waals surface area contributed by atoms with Crippen LogP contribution in [0.3, 0.4) is 0 Å². The van der Waals surface area contributed by atoms with Crippen molar-refractivity contribution in [3.63, 3.8) is 0 Å². The van der Waals surface area contributed by atoms with Gasteiger partial charge in [0.15, 0.2) is 11.1 Å². The average Bonchev–Trinajstić information content (AvgIpc) is 2.40. The highest BCUT2D eigenvalue weighted by Crippen LogP contribution is 2.22. The van der Waals surface area contributed by atoms with Gasteiger partial charge in [-0.05, 0) is 18.1 Å². The van der Waals surface area contributed by atoms with E-state index in [-0.39, 0.29) is 0 Å². The molecule has 0 radical (unpaired) electrons. The molecule has 0 aliphatic heterocycles. The first-order valence-corrected chi connectivity index (χ1v) is 7.23. The summed E-state index contributed by atoms with van der Waals surface area (Å²) in [7, 11) is 0. The average molecular weight is 272 g/mol. The maximum absolute atomic E-state index is 11.5.